The molecule has 0 bridgehead atoms. The van der Waals surface area contributed by atoms with Crippen molar-refractivity contribution in [1.82, 2.24) is 4.98 Å². The van der Waals surface area contributed by atoms with Crippen LogP contribution in [0, 0.1) is 18.3 Å². The molecule has 1 amide bonds. The van der Waals surface area contributed by atoms with Crippen LogP contribution in [0.5, 0.6) is 0 Å². The molecular weight excluding hydrogens is 297 g/mol. The molecule has 2 rings (SSSR count). The van der Waals surface area contributed by atoms with Gasteiger partial charge >= 0.3 is 0 Å². The highest BCUT2D eigenvalue weighted by Gasteiger charge is 2.13. The smallest absolute Gasteiger partial charge is 0.258 e. The van der Waals surface area contributed by atoms with Gasteiger partial charge in [0.05, 0.1) is 21.8 Å². The van der Waals surface area contributed by atoms with E-state index in [1.807, 2.05) is 6.07 Å². The van der Waals surface area contributed by atoms with E-state index in [4.69, 9.17) is 28.5 Å². The van der Waals surface area contributed by atoms with Gasteiger partial charge in [0.1, 0.15) is 6.07 Å². The molecule has 0 spiro atoms. The fraction of sp³-hybridized carbons (Fsp3) is 0.0714. The van der Waals surface area contributed by atoms with Crippen LogP contribution in [0.2, 0.25) is 10.0 Å². The molecule has 6 heteroatoms. The molecule has 100 valence electrons. The third kappa shape index (κ3) is 3.08. The van der Waals surface area contributed by atoms with E-state index in [9.17, 15) is 4.79 Å². The summed E-state index contributed by atoms with van der Waals surface area (Å²) in [5.41, 5.74) is 1.61. The minimum absolute atomic E-state index is 0.237. The summed E-state index contributed by atoms with van der Waals surface area (Å²) in [5.74, 6) is -0.443. The summed E-state index contributed by atoms with van der Waals surface area (Å²) in [4.78, 5) is 16.2. The van der Waals surface area contributed by atoms with Gasteiger partial charge in [0.2, 0.25) is 0 Å². The number of nitriles is 1. The predicted octanol–water partition coefficient (Wildman–Crippen LogP) is 3.82. The van der Waals surface area contributed by atoms with Crippen molar-refractivity contribution in [2.45, 2.75) is 6.92 Å². The van der Waals surface area contributed by atoms with Crippen LogP contribution in [0.3, 0.4) is 0 Å². The summed E-state index contributed by atoms with van der Waals surface area (Å²) in [6, 6.07) is 8.20. The van der Waals surface area contributed by atoms with Gasteiger partial charge in [-0.05, 0) is 31.2 Å². The molecule has 0 radical (unpaired) electrons. The second kappa shape index (κ2) is 5.91. The number of aryl methyl sites for hydroxylation is 1. The van der Waals surface area contributed by atoms with Crippen molar-refractivity contribution >= 4 is 34.8 Å². The van der Waals surface area contributed by atoms with Crippen LogP contribution < -0.4 is 5.32 Å². The quantitative estimate of drug-likeness (QED) is 0.917. The van der Waals surface area contributed by atoms with Crippen LogP contribution in [0.15, 0.2) is 30.5 Å². The molecule has 0 unspecified atom stereocenters. The van der Waals surface area contributed by atoms with Crippen LogP contribution in [0.25, 0.3) is 0 Å². The first-order chi connectivity index (χ1) is 9.51. The standard InChI is InChI=1S/C14H9Cl2N3O/c1-8-4-12(16)11(7-18-8)14(20)19-13-5-10(15)3-2-9(13)6-17/h2-5,7H,1H3,(H,19,20). The predicted molar refractivity (Wildman–Crippen MR) is 78.1 cm³/mol. The van der Waals surface area contributed by atoms with E-state index in [0.717, 1.165) is 0 Å². The average molecular weight is 306 g/mol. The number of anilines is 1. The first kappa shape index (κ1) is 14.3. The van der Waals surface area contributed by atoms with Gasteiger partial charge in [-0.25, -0.2) is 0 Å². The first-order valence-electron chi connectivity index (χ1n) is 5.64. The van der Waals surface area contributed by atoms with E-state index in [-0.39, 0.29) is 5.56 Å². The van der Waals surface area contributed by atoms with Crippen molar-refractivity contribution in [2.75, 3.05) is 5.32 Å². The lowest BCUT2D eigenvalue weighted by atomic mass is 10.1. The molecule has 1 aromatic heterocycles. The minimum atomic E-state index is -0.443. The van der Waals surface area contributed by atoms with Crippen LogP contribution in [0.4, 0.5) is 5.69 Å². The van der Waals surface area contributed by atoms with E-state index < -0.39 is 5.91 Å². The molecule has 4 nitrogen and oxygen atoms in total. The average Bonchev–Trinajstić information content (AvgIpc) is 2.38. The Labute approximate surface area is 126 Å². The Hall–Kier alpha value is -2.09. The number of amides is 1. The van der Waals surface area contributed by atoms with Gasteiger partial charge in [-0.15, -0.1) is 0 Å². The summed E-state index contributed by atoms with van der Waals surface area (Å²) >= 11 is 11.9. The maximum absolute atomic E-state index is 12.1. The molecule has 0 aliphatic heterocycles. The van der Waals surface area contributed by atoms with Gasteiger partial charge in [0.25, 0.3) is 5.91 Å². The Kier molecular flexibility index (Phi) is 4.23. The van der Waals surface area contributed by atoms with Gasteiger partial charge in [-0.2, -0.15) is 5.26 Å². The molecule has 1 heterocycles. The van der Waals surface area contributed by atoms with Crippen molar-refractivity contribution in [3.05, 3.63) is 57.3 Å². The van der Waals surface area contributed by atoms with Gasteiger partial charge in [-0.3, -0.25) is 9.78 Å². The van der Waals surface area contributed by atoms with Crippen LogP contribution in [0.1, 0.15) is 21.6 Å². The normalized spacial score (nSPS) is 9.90. The lowest BCUT2D eigenvalue weighted by Crippen LogP contribution is -2.14. The van der Waals surface area contributed by atoms with E-state index >= 15 is 0 Å². The molecule has 20 heavy (non-hydrogen) atoms. The molecule has 2 aromatic rings. The second-order valence-corrected chi connectivity index (χ2v) is 4.90. The zero-order valence-electron chi connectivity index (χ0n) is 10.4. The van der Waals surface area contributed by atoms with Crippen LogP contribution >= 0.6 is 23.2 Å². The maximum Gasteiger partial charge on any atom is 0.258 e. The second-order valence-electron chi connectivity index (χ2n) is 4.06. The fourth-order valence-corrected chi connectivity index (χ4v) is 2.07. The zero-order valence-corrected chi connectivity index (χ0v) is 12.0. The zero-order chi connectivity index (χ0) is 14.7. The monoisotopic (exact) mass is 305 g/mol. The number of pyridine rings is 1. The number of nitrogens with zero attached hydrogens (tertiary/aromatic N) is 2. The third-order valence-electron chi connectivity index (χ3n) is 2.59. The van der Waals surface area contributed by atoms with Crippen LogP contribution in [-0.4, -0.2) is 10.9 Å². The maximum atomic E-state index is 12.1. The Morgan fingerprint density at radius 3 is 2.75 bits per heavy atom. The molecule has 0 atom stereocenters. The number of carbonyl (C=O) groups excluding carboxylic acids is 1. The number of hydrogen-bond donors (Lipinski definition) is 1. The number of benzene rings is 1. The summed E-state index contributed by atoms with van der Waals surface area (Å²) in [6.07, 6.45) is 1.39. The number of hydrogen-bond acceptors (Lipinski definition) is 3. The van der Waals surface area contributed by atoms with E-state index in [0.29, 0.717) is 27.0 Å². The van der Waals surface area contributed by atoms with Gasteiger partial charge in [0.15, 0.2) is 0 Å². The highest BCUT2D eigenvalue weighted by molar-refractivity contribution is 6.34. The van der Waals surface area contributed by atoms with Crippen molar-refractivity contribution in [1.29, 1.82) is 5.26 Å². The molecule has 0 aliphatic rings. The first-order valence-corrected chi connectivity index (χ1v) is 6.40. The van der Waals surface area contributed by atoms with Gasteiger partial charge in [-0.1, -0.05) is 23.2 Å². The third-order valence-corrected chi connectivity index (χ3v) is 3.13. The SMILES string of the molecule is Cc1cc(Cl)c(C(=O)Nc2cc(Cl)ccc2C#N)cn1. The Balaban J connectivity index is 2.33. The molecule has 0 aliphatic carbocycles. The number of nitrogens with one attached hydrogen (secondary N) is 1. The molecule has 1 N–H and O–H groups in total. The highest BCUT2D eigenvalue weighted by atomic mass is 35.5. The van der Waals surface area contributed by atoms with Gasteiger partial charge < -0.3 is 5.32 Å². The highest BCUT2D eigenvalue weighted by Crippen LogP contribution is 2.22. The Bertz CT molecular complexity index is 723. The Morgan fingerprint density at radius 2 is 2.10 bits per heavy atom. The van der Waals surface area contributed by atoms with E-state index in [2.05, 4.69) is 10.3 Å². The molecular formula is C14H9Cl2N3O. The topological polar surface area (TPSA) is 65.8 Å². The fourth-order valence-electron chi connectivity index (χ4n) is 1.60. The van der Waals surface area contributed by atoms with E-state index in [1.54, 1.807) is 19.1 Å². The summed E-state index contributed by atoms with van der Waals surface area (Å²) in [5, 5.41) is 12.3. The summed E-state index contributed by atoms with van der Waals surface area (Å²) in [7, 11) is 0. The lowest BCUT2D eigenvalue weighted by molar-refractivity contribution is 0.102. The minimum Gasteiger partial charge on any atom is -0.321 e. The van der Waals surface area contributed by atoms with Crippen molar-refractivity contribution in [3.63, 3.8) is 0 Å². The van der Waals surface area contributed by atoms with Gasteiger partial charge in [0, 0.05) is 16.9 Å². The summed E-state index contributed by atoms with van der Waals surface area (Å²) in [6.45, 7) is 1.78. The molecule has 1 aromatic carbocycles. The van der Waals surface area contributed by atoms with Crippen molar-refractivity contribution in [3.8, 4) is 6.07 Å². The lowest BCUT2D eigenvalue weighted by Gasteiger charge is -2.08. The molecule has 0 saturated carbocycles. The summed E-state index contributed by atoms with van der Waals surface area (Å²) < 4.78 is 0. The number of aromatic nitrogens is 1. The largest absolute Gasteiger partial charge is 0.321 e. The van der Waals surface area contributed by atoms with Crippen molar-refractivity contribution in [2.24, 2.45) is 0 Å². The van der Waals surface area contributed by atoms with E-state index in [1.165, 1.54) is 18.3 Å². The molecule has 0 saturated heterocycles. The van der Waals surface area contributed by atoms with Crippen LogP contribution in [-0.2, 0) is 0 Å². The van der Waals surface area contributed by atoms with Crippen molar-refractivity contribution < 1.29 is 4.79 Å². The number of carbonyl (C=O) groups is 1. The Morgan fingerprint density at radius 1 is 1.35 bits per heavy atom. The number of rotatable bonds is 2. The number of halogens is 2. The molecule has 0 fully saturated rings.